The summed E-state index contributed by atoms with van der Waals surface area (Å²) in [6, 6.07) is 7.12. The van der Waals surface area contributed by atoms with E-state index in [1.54, 1.807) is 12.1 Å². The van der Waals surface area contributed by atoms with Crippen LogP contribution in [0.25, 0.3) is 0 Å². The van der Waals surface area contributed by atoms with Crippen LogP contribution in [0.3, 0.4) is 0 Å². The Kier molecular flexibility index (Phi) is 3.99. The molecule has 1 heterocycles. The molecule has 0 unspecified atom stereocenters. The Morgan fingerprint density at radius 3 is 2.88 bits per heavy atom. The maximum absolute atomic E-state index is 11.9. The molecule has 0 spiro atoms. The summed E-state index contributed by atoms with van der Waals surface area (Å²) >= 11 is 5.96. The maximum atomic E-state index is 11.9. The van der Waals surface area contributed by atoms with Crippen LogP contribution >= 0.6 is 11.6 Å². The second kappa shape index (κ2) is 5.49. The number of amides is 1. The van der Waals surface area contributed by atoms with E-state index in [1.165, 1.54) is 0 Å². The van der Waals surface area contributed by atoms with Crippen LogP contribution in [0.2, 0.25) is 5.02 Å². The fourth-order valence-corrected chi connectivity index (χ4v) is 2.03. The van der Waals surface area contributed by atoms with E-state index in [-0.39, 0.29) is 12.0 Å². The average molecular weight is 255 g/mol. The SMILES string of the molecule is NC[C@H]1CC[C@@H](C(=O)Nc2ccccc2Cl)O1. The van der Waals surface area contributed by atoms with Gasteiger partial charge in [0.05, 0.1) is 16.8 Å². The fraction of sp³-hybridized carbons (Fsp3) is 0.417. The van der Waals surface area contributed by atoms with Crippen LogP contribution in [0.4, 0.5) is 5.69 Å². The van der Waals surface area contributed by atoms with E-state index < -0.39 is 6.10 Å². The highest BCUT2D eigenvalue weighted by atomic mass is 35.5. The van der Waals surface area contributed by atoms with E-state index in [0.29, 0.717) is 23.7 Å². The van der Waals surface area contributed by atoms with Crippen LogP contribution in [0, 0.1) is 0 Å². The van der Waals surface area contributed by atoms with Gasteiger partial charge in [-0.1, -0.05) is 23.7 Å². The lowest BCUT2D eigenvalue weighted by atomic mass is 10.2. The summed E-state index contributed by atoms with van der Waals surface area (Å²) in [6.07, 6.45) is 1.12. The van der Waals surface area contributed by atoms with Gasteiger partial charge in [-0.15, -0.1) is 0 Å². The molecule has 1 amide bonds. The zero-order valence-corrected chi connectivity index (χ0v) is 10.1. The largest absolute Gasteiger partial charge is 0.364 e. The van der Waals surface area contributed by atoms with Gasteiger partial charge in [-0.2, -0.15) is 0 Å². The van der Waals surface area contributed by atoms with Gasteiger partial charge in [-0.3, -0.25) is 4.79 Å². The number of para-hydroxylation sites is 1. The molecule has 1 aromatic carbocycles. The number of anilines is 1. The normalized spacial score (nSPS) is 23.6. The third kappa shape index (κ3) is 2.97. The molecule has 0 saturated carbocycles. The zero-order valence-electron chi connectivity index (χ0n) is 9.36. The standard InChI is InChI=1S/C12H15ClN2O2/c13-9-3-1-2-4-10(9)15-12(16)11-6-5-8(7-14)17-11/h1-4,8,11H,5-7,14H2,(H,15,16)/t8-,11+/m1/s1. The number of rotatable bonds is 3. The van der Waals surface area contributed by atoms with E-state index in [9.17, 15) is 4.79 Å². The predicted octanol–water partition coefficient (Wildman–Crippen LogP) is 1.78. The summed E-state index contributed by atoms with van der Waals surface area (Å²) in [5, 5.41) is 3.28. The van der Waals surface area contributed by atoms with Crippen LogP contribution in [-0.2, 0) is 9.53 Å². The van der Waals surface area contributed by atoms with Crippen molar-refractivity contribution in [2.24, 2.45) is 5.73 Å². The van der Waals surface area contributed by atoms with E-state index >= 15 is 0 Å². The number of hydrogen-bond donors (Lipinski definition) is 2. The Hall–Kier alpha value is -1.10. The number of halogens is 1. The molecule has 0 aromatic heterocycles. The first kappa shape index (κ1) is 12.4. The predicted molar refractivity (Wildman–Crippen MR) is 67.0 cm³/mol. The van der Waals surface area contributed by atoms with Crippen LogP contribution < -0.4 is 11.1 Å². The molecule has 2 rings (SSSR count). The van der Waals surface area contributed by atoms with Gasteiger partial charge in [-0.05, 0) is 25.0 Å². The smallest absolute Gasteiger partial charge is 0.253 e. The summed E-state index contributed by atoms with van der Waals surface area (Å²) < 4.78 is 5.50. The number of nitrogens with one attached hydrogen (secondary N) is 1. The summed E-state index contributed by atoms with van der Waals surface area (Å²) in [6.45, 7) is 0.454. The minimum atomic E-state index is -0.417. The molecule has 1 aromatic rings. The monoisotopic (exact) mass is 254 g/mol. The van der Waals surface area contributed by atoms with Crippen molar-refractivity contribution in [2.75, 3.05) is 11.9 Å². The summed E-state index contributed by atoms with van der Waals surface area (Å²) in [5.74, 6) is -0.158. The molecule has 0 aliphatic carbocycles. The van der Waals surface area contributed by atoms with E-state index in [0.717, 1.165) is 6.42 Å². The van der Waals surface area contributed by atoms with Gasteiger partial charge in [-0.25, -0.2) is 0 Å². The molecule has 1 aliphatic heterocycles. The Morgan fingerprint density at radius 1 is 1.47 bits per heavy atom. The number of ether oxygens (including phenoxy) is 1. The lowest BCUT2D eigenvalue weighted by molar-refractivity contribution is -0.126. The third-order valence-electron chi connectivity index (χ3n) is 2.79. The molecule has 0 radical (unpaired) electrons. The molecule has 3 N–H and O–H groups in total. The minimum Gasteiger partial charge on any atom is -0.364 e. The molecule has 2 atom stereocenters. The average Bonchev–Trinajstić information content (AvgIpc) is 2.81. The van der Waals surface area contributed by atoms with Crippen LogP contribution in [0.5, 0.6) is 0 Å². The first-order valence-electron chi connectivity index (χ1n) is 5.61. The number of carbonyl (C=O) groups excluding carboxylic acids is 1. The summed E-state index contributed by atoms with van der Waals surface area (Å²) in [5.41, 5.74) is 6.11. The summed E-state index contributed by atoms with van der Waals surface area (Å²) in [7, 11) is 0. The zero-order chi connectivity index (χ0) is 12.3. The van der Waals surface area contributed by atoms with Crippen molar-refractivity contribution in [3.8, 4) is 0 Å². The quantitative estimate of drug-likeness (QED) is 0.864. The van der Waals surface area contributed by atoms with Crippen LogP contribution in [0.1, 0.15) is 12.8 Å². The van der Waals surface area contributed by atoms with Gasteiger partial charge < -0.3 is 15.8 Å². The van der Waals surface area contributed by atoms with Crippen molar-refractivity contribution in [1.82, 2.24) is 0 Å². The molecule has 0 bridgehead atoms. The van der Waals surface area contributed by atoms with Gasteiger partial charge in [0.1, 0.15) is 6.10 Å². The Labute approximate surface area is 105 Å². The highest BCUT2D eigenvalue weighted by Crippen LogP contribution is 2.24. The van der Waals surface area contributed by atoms with Crippen molar-refractivity contribution in [3.05, 3.63) is 29.3 Å². The molecular formula is C12H15ClN2O2. The minimum absolute atomic E-state index is 0.00278. The molecule has 92 valence electrons. The highest BCUT2D eigenvalue weighted by Gasteiger charge is 2.29. The lowest BCUT2D eigenvalue weighted by Gasteiger charge is -2.13. The molecule has 1 fully saturated rings. The van der Waals surface area contributed by atoms with E-state index in [2.05, 4.69) is 5.32 Å². The first-order valence-corrected chi connectivity index (χ1v) is 5.99. The molecule has 1 saturated heterocycles. The second-order valence-electron chi connectivity index (χ2n) is 4.03. The van der Waals surface area contributed by atoms with Crippen molar-refractivity contribution < 1.29 is 9.53 Å². The molecule has 17 heavy (non-hydrogen) atoms. The summed E-state index contributed by atoms with van der Waals surface area (Å²) in [4.78, 5) is 11.9. The molecular weight excluding hydrogens is 240 g/mol. The van der Waals surface area contributed by atoms with Crippen molar-refractivity contribution in [3.63, 3.8) is 0 Å². The van der Waals surface area contributed by atoms with Crippen molar-refractivity contribution >= 4 is 23.2 Å². The topological polar surface area (TPSA) is 64.4 Å². The molecule has 1 aliphatic rings. The van der Waals surface area contributed by atoms with Crippen molar-refractivity contribution in [2.45, 2.75) is 25.0 Å². The van der Waals surface area contributed by atoms with E-state index in [1.807, 2.05) is 12.1 Å². The Bertz CT molecular complexity index is 411. The van der Waals surface area contributed by atoms with E-state index in [4.69, 9.17) is 22.1 Å². The molecule has 5 heteroatoms. The second-order valence-corrected chi connectivity index (χ2v) is 4.44. The number of nitrogens with two attached hydrogens (primary N) is 1. The number of hydrogen-bond acceptors (Lipinski definition) is 3. The maximum Gasteiger partial charge on any atom is 0.253 e. The Morgan fingerprint density at radius 2 is 2.24 bits per heavy atom. The van der Waals surface area contributed by atoms with Gasteiger partial charge in [0.2, 0.25) is 0 Å². The van der Waals surface area contributed by atoms with Crippen molar-refractivity contribution in [1.29, 1.82) is 0 Å². The van der Waals surface area contributed by atoms with Gasteiger partial charge in [0, 0.05) is 6.54 Å². The highest BCUT2D eigenvalue weighted by molar-refractivity contribution is 6.33. The molecule has 4 nitrogen and oxygen atoms in total. The number of carbonyl (C=O) groups is 1. The fourth-order valence-electron chi connectivity index (χ4n) is 1.85. The van der Waals surface area contributed by atoms with Crippen LogP contribution in [0.15, 0.2) is 24.3 Å². The van der Waals surface area contributed by atoms with Gasteiger partial charge in [0.25, 0.3) is 5.91 Å². The van der Waals surface area contributed by atoms with Gasteiger partial charge in [0.15, 0.2) is 0 Å². The van der Waals surface area contributed by atoms with Crippen LogP contribution in [-0.4, -0.2) is 24.7 Å². The van der Waals surface area contributed by atoms with Gasteiger partial charge >= 0.3 is 0 Å². The third-order valence-corrected chi connectivity index (χ3v) is 3.12. The first-order chi connectivity index (χ1) is 8.20. The number of benzene rings is 1. The Balaban J connectivity index is 1.96. The lowest BCUT2D eigenvalue weighted by Crippen LogP contribution is -2.29.